The Bertz CT molecular complexity index is 1790. The number of methoxy groups -OCH3 is 1. The Balaban J connectivity index is 1.56. The topological polar surface area (TPSA) is 247 Å². The smallest absolute Gasteiger partial charge is 0.417 e. The van der Waals surface area contributed by atoms with E-state index >= 15 is 0 Å². The standard InChI is InChI=1S/C38H48N6O12/c1-23(2)43(37(51)56-27-17-15-26(16-18-27)44(52)53)38(31(45)21-30(54-4)33(38)47)32(46)29-14-10-20-42(29)35(49)24(3)40-34(48)28(13-8-9-19-39)41-36(50)55-22-25-11-6-5-7-12-25/h5-7,11-12,15-18,23-24,28-30H,8-10,13-14,19-22,39H2,1-4H3,(H,40,48)(H,41,50)/t24-,28-,29-,30?,38?/m0/s1. The minimum absolute atomic E-state index is 0.0283. The van der Waals surface area contributed by atoms with Crippen molar-refractivity contribution in [1.82, 2.24) is 20.4 Å². The van der Waals surface area contributed by atoms with Crippen LogP contribution in [0.25, 0.3) is 0 Å². The second-order valence-corrected chi connectivity index (χ2v) is 13.8. The van der Waals surface area contributed by atoms with Gasteiger partial charge >= 0.3 is 12.2 Å². The maximum absolute atomic E-state index is 14.8. The molecule has 1 heterocycles. The van der Waals surface area contributed by atoms with E-state index in [0.29, 0.717) is 25.8 Å². The molecule has 56 heavy (non-hydrogen) atoms. The van der Waals surface area contributed by atoms with Gasteiger partial charge in [0.15, 0.2) is 11.6 Å². The van der Waals surface area contributed by atoms with E-state index in [1.54, 1.807) is 24.3 Å². The van der Waals surface area contributed by atoms with Gasteiger partial charge in [-0.3, -0.25) is 39.0 Å². The molecule has 18 nitrogen and oxygen atoms in total. The Kier molecular flexibility index (Phi) is 14.7. The number of non-ortho nitro benzene ring substituents is 1. The number of nitrogens with two attached hydrogens (primary N) is 1. The molecule has 2 unspecified atom stereocenters. The first-order valence-corrected chi connectivity index (χ1v) is 18.4. The van der Waals surface area contributed by atoms with Crippen molar-refractivity contribution >= 4 is 47.0 Å². The van der Waals surface area contributed by atoms with E-state index in [0.717, 1.165) is 34.7 Å². The normalized spacial score (nSPS) is 20.3. The predicted octanol–water partition coefficient (Wildman–Crippen LogP) is 2.59. The Hall–Kier alpha value is -5.75. The fourth-order valence-corrected chi connectivity index (χ4v) is 6.96. The van der Waals surface area contributed by atoms with Crippen LogP contribution < -0.4 is 21.1 Å². The third-order valence-corrected chi connectivity index (χ3v) is 9.73. The molecule has 4 amide bonds. The lowest BCUT2D eigenvalue weighted by atomic mass is 9.82. The molecule has 2 aromatic rings. The van der Waals surface area contributed by atoms with Gasteiger partial charge in [-0.15, -0.1) is 0 Å². The predicted molar refractivity (Wildman–Crippen MR) is 198 cm³/mol. The number of hydrogen-bond acceptors (Lipinski definition) is 13. The van der Waals surface area contributed by atoms with Crippen molar-refractivity contribution in [3.8, 4) is 5.75 Å². The van der Waals surface area contributed by atoms with Crippen molar-refractivity contribution in [2.75, 3.05) is 20.2 Å². The quantitative estimate of drug-likeness (QED) is 0.0905. The summed E-state index contributed by atoms with van der Waals surface area (Å²) in [6, 6.07) is 8.73. The van der Waals surface area contributed by atoms with Crippen LogP contribution in [0, 0.1) is 10.1 Å². The molecular weight excluding hydrogens is 732 g/mol. The van der Waals surface area contributed by atoms with Crippen LogP contribution in [0.4, 0.5) is 15.3 Å². The molecule has 0 radical (unpaired) electrons. The summed E-state index contributed by atoms with van der Waals surface area (Å²) < 4.78 is 16.0. The van der Waals surface area contributed by atoms with Gasteiger partial charge < -0.3 is 35.5 Å². The third kappa shape index (κ3) is 9.54. The molecule has 18 heteroatoms. The zero-order chi connectivity index (χ0) is 41.2. The van der Waals surface area contributed by atoms with E-state index in [2.05, 4.69) is 10.6 Å². The highest BCUT2D eigenvalue weighted by molar-refractivity contribution is 6.36. The first-order valence-electron chi connectivity index (χ1n) is 18.4. The lowest BCUT2D eigenvalue weighted by Gasteiger charge is -2.41. The SMILES string of the molecule is COC1CC(=O)C(C(=O)[C@@H]2CCCN2C(=O)[C@H](C)NC(=O)[C@H](CCCCN)NC(=O)OCc2ccccc2)(N(C(=O)Oc2ccc([N+](=O)[O-])cc2)C(C)C)C1=O. The number of nitro groups is 1. The monoisotopic (exact) mass is 780 g/mol. The van der Waals surface area contributed by atoms with E-state index < -0.39 is 88.5 Å². The first kappa shape index (κ1) is 43.0. The van der Waals surface area contributed by atoms with E-state index in [-0.39, 0.29) is 37.4 Å². The number of hydrogen-bond donors (Lipinski definition) is 3. The minimum Gasteiger partial charge on any atom is -0.445 e. The molecule has 0 bridgehead atoms. The fourth-order valence-electron chi connectivity index (χ4n) is 6.96. The highest BCUT2D eigenvalue weighted by atomic mass is 16.6. The number of rotatable bonds is 17. The molecule has 2 fully saturated rings. The van der Waals surface area contributed by atoms with E-state index in [1.807, 2.05) is 6.07 Å². The second-order valence-electron chi connectivity index (χ2n) is 13.8. The van der Waals surface area contributed by atoms with Gasteiger partial charge in [0.1, 0.15) is 30.5 Å². The number of likely N-dealkylation sites (tertiary alicyclic amines) is 1. The van der Waals surface area contributed by atoms with Gasteiger partial charge in [0.25, 0.3) is 5.69 Å². The molecular formula is C38H48N6O12. The van der Waals surface area contributed by atoms with Crippen LogP contribution in [0.1, 0.15) is 64.9 Å². The number of carbonyl (C=O) groups excluding carboxylic acids is 7. The van der Waals surface area contributed by atoms with Crippen molar-refractivity contribution in [3.05, 3.63) is 70.3 Å². The molecule has 2 aromatic carbocycles. The number of Topliss-reactive ketones (excluding diaryl/α,β-unsaturated/α-hetero) is 3. The molecule has 1 aliphatic heterocycles. The van der Waals surface area contributed by atoms with Gasteiger partial charge in [-0.1, -0.05) is 30.3 Å². The van der Waals surface area contributed by atoms with Gasteiger partial charge in [0, 0.05) is 38.2 Å². The number of amides is 4. The summed E-state index contributed by atoms with van der Waals surface area (Å²) in [5, 5.41) is 16.3. The number of ketones is 3. The molecule has 4 rings (SSSR count). The Morgan fingerprint density at radius 3 is 2.29 bits per heavy atom. The average Bonchev–Trinajstić information content (AvgIpc) is 3.76. The van der Waals surface area contributed by atoms with Crippen LogP contribution in [0.2, 0.25) is 0 Å². The second kappa shape index (κ2) is 19.2. The molecule has 0 aromatic heterocycles. The summed E-state index contributed by atoms with van der Waals surface area (Å²) in [6.07, 6.45) is -2.47. The van der Waals surface area contributed by atoms with E-state index in [9.17, 15) is 43.7 Å². The lowest BCUT2D eigenvalue weighted by Crippen LogP contribution is -2.70. The molecule has 1 saturated carbocycles. The number of ether oxygens (including phenoxy) is 3. The van der Waals surface area contributed by atoms with Crippen LogP contribution in [0.15, 0.2) is 54.6 Å². The summed E-state index contributed by atoms with van der Waals surface area (Å²) in [7, 11) is 1.18. The maximum atomic E-state index is 14.8. The number of nitrogens with one attached hydrogen (secondary N) is 2. The third-order valence-electron chi connectivity index (χ3n) is 9.73. The van der Waals surface area contributed by atoms with Crippen molar-refractivity contribution in [2.45, 2.75) is 102 Å². The van der Waals surface area contributed by atoms with Gasteiger partial charge in [-0.05, 0) is 77.1 Å². The number of unbranched alkanes of at least 4 members (excludes halogenated alkanes) is 1. The van der Waals surface area contributed by atoms with Crippen LogP contribution >= 0.6 is 0 Å². The first-order chi connectivity index (χ1) is 26.7. The fraction of sp³-hybridized carbons (Fsp3) is 0.500. The number of benzene rings is 2. The number of nitrogens with zero attached hydrogens (tertiary/aromatic N) is 3. The van der Waals surface area contributed by atoms with Crippen LogP contribution in [-0.2, 0) is 40.1 Å². The van der Waals surface area contributed by atoms with Gasteiger partial charge in [-0.2, -0.15) is 0 Å². The zero-order valence-corrected chi connectivity index (χ0v) is 31.8. The zero-order valence-electron chi connectivity index (χ0n) is 31.8. The number of alkyl carbamates (subject to hydrolysis) is 1. The molecule has 302 valence electrons. The van der Waals surface area contributed by atoms with Gasteiger partial charge in [-0.25, -0.2) is 9.59 Å². The summed E-state index contributed by atoms with van der Waals surface area (Å²) in [5.74, 6) is -4.52. The summed E-state index contributed by atoms with van der Waals surface area (Å²) in [4.78, 5) is 109. The van der Waals surface area contributed by atoms with Crippen molar-refractivity contribution in [1.29, 1.82) is 0 Å². The Morgan fingerprint density at radius 2 is 1.70 bits per heavy atom. The molecule has 1 saturated heterocycles. The van der Waals surface area contributed by atoms with E-state index in [4.69, 9.17) is 19.9 Å². The average molecular weight is 781 g/mol. The van der Waals surface area contributed by atoms with Gasteiger partial charge in [0.05, 0.1) is 11.0 Å². The molecule has 4 N–H and O–H groups in total. The van der Waals surface area contributed by atoms with Gasteiger partial charge in [0.2, 0.25) is 23.1 Å². The molecule has 2 aliphatic rings. The Labute approximate surface area is 323 Å². The highest BCUT2D eigenvalue weighted by Crippen LogP contribution is 2.38. The van der Waals surface area contributed by atoms with Crippen LogP contribution in [-0.4, -0.2) is 112 Å². The molecule has 5 atom stereocenters. The van der Waals surface area contributed by atoms with Crippen LogP contribution in [0.3, 0.4) is 0 Å². The summed E-state index contributed by atoms with van der Waals surface area (Å²) >= 11 is 0. The molecule has 1 aliphatic carbocycles. The highest BCUT2D eigenvalue weighted by Gasteiger charge is 2.67. The van der Waals surface area contributed by atoms with Crippen molar-refractivity contribution in [3.63, 3.8) is 0 Å². The number of carbonyl (C=O) groups is 7. The van der Waals surface area contributed by atoms with E-state index in [1.165, 1.54) is 32.8 Å². The molecule has 0 spiro atoms. The minimum atomic E-state index is -2.75. The Morgan fingerprint density at radius 1 is 1.02 bits per heavy atom. The van der Waals surface area contributed by atoms with Crippen molar-refractivity contribution in [2.24, 2.45) is 5.73 Å². The summed E-state index contributed by atoms with van der Waals surface area (Å²) in [5.41, 5.74) is 3.34. The largest absolute Gasteiger partial charge is 0.445 e. The maximum Gasteiger partial charge on any atom is 0.417 e. The van der Waals surface area contributed by atoms with Crippen LogP contribution in [0.5, 0.6) is 5.75 Å². The lowest BCUT2D eigenvalue weighted by molar-refractivity contribution is -0.384. The summed E-state index contributed by atoms with van der Waals surface area (Å²) in [6.45, 7) is 4.68. The van der Waals surface area contributed by atoms with Crippen molar-refractivity contribution < 1.29 is 52.7 Å². The number of nitro benzene ring substituents is 1.